The van der Waals surface area contributed by atoms with E-state index in [0.29, 0.717) is 15.6 Å². The third kappa shape index (κ3) is 1.71. The van der Waals surface area contributed by atoms with Crippen LogP contribution in [0.25, 0.3) is 0 Å². The van der Waals surface area contributed by atoms with E-state index in [9.17, 15) is 9.18 Å². The highest BCUT2D eigenvalue weighted by Gasteiger charge is 2.19. The first-order valence-corrected chi connectivity index (χ1v) is 5.19. The maximum absolute atomic E-state index is 13.6. The molecule has 0 radical (unpaired) electrons. The summed E-state index contributed by atoms with van der Waals surface area (Å²) in [5, 5.41) is -0.751. The van der Waals surface area contributed by atoms with Crippen molar-refractivity contribution in [3.8, 4) is 0 Å². The summed E-state index contributed by atoms with van der Waals surface area (Å²) in [7, 11) is 0. The van der Waals surface area contributed by atoms with Gasteiger partial charge in [0, 0.05) is 4.47 Å². The first kappa shape index (κ1) is 11.7. The lowest BCUT2D eigenvalue weighted by atomic mass is 10.00. The molecular weight excluding hydrogens is 270 g/mol. The molecule has 0 saturated heterocycles. The van der Waals surface area contributed by atoms with Crippen LogP contribution in [0.3, 0.4) is 0 Å². The molecule has 0 fully saturated rings. The highest BCUT2D eigenvalue weighted by atomic mass is 79.9. The van der Waals surface area contributed by atoms with Gasteiger partial charge in [0.2, 0.25) is 0 Å². The lowest BCUT2D eigenvalue weighted by Crippen LogP contribution is -2.04. The second kappa shape index (κ2) is 3.99. The Hall–Kier alpha value is -0.410. The van der Waals surface area contributed by atoms with Crippen LogP contribution >= 0.6 is 27.5 Å². The van der Waals surface area contributed by atoms with Crippen molar-refractivity contribution in [2.24, 2.45) is 0 Å². The van der Waals surface area contributed by atoms with Crippen molar-refractivity contribution in [3.05, 3.63) is 32.5 Å². The van der Waals surface area contributed by atoms with Gasteiger partial charge < -0.3 is 0 Å². The SMILES string of the molecule is Cc1c(C)c(C(=O)Cl)c(F)c(C)c1Br. The molecule has 0 aliphatic heterocycles. The molecular formula is C10H9BrClFO. The van der Waals surface area contributed by atoms with Crippen molar-refractivity contribution in [1.29, 1.82) is 0 Å². The van der Waals surface area contributed by atoms with Gasteiger partial charge in [0.15, 0.2) is 0 Å². The Morgan fingerprint density at radius 1 is 1.21 bits per heavy atom. The summed E-state index contributed by atoms with van der Waals surface area (Å²) in [6.45, 7) is 5.10. The topological polar surface area (TPSA) is 17.1 Å². The van der Waals surface area contributed by atoms with Gasteiger partial charge in [-0.25, -0.2) is 4.39 Å². The van der Waals surface area contributed by atoms with Gasteiger partial charge >= 0.3 is 0 Å². The average Bonchev–Trinajstić information content (AvgIpc) is 2.11. The molecule has 1 aromatic carbocycles. The lowest BCUT2D eigenvalue weighted by Gasteiger charge is -2.12. The molecule has 0 aromatic heterocycles. The number of carbonyl (C=O) groups excluding carboxylic acids is 1. The van der Waals surface area contributed by atoms with Crippen LogP contribution in [0, 0.1) is 26.6 Å². The van der Waals surface area contributed by atoms with Crippen molar-refractivity contribution in [2.75, 3.05) is 0 Å². The Kier molecular flexibility index (Phi) is 3.32. The molecule has 14 heavy (non-hydrogen) atoms. The van der Waals surface area contributed by atoms with Gasteiger partial charge in [-0.3, -0.25) is 4.79 Å². The smallest absolute Gasteiger partial charge is 0.255 e. The summed E-state index contributed by atoms with van der Waals surface area (Å²) in [5.41, 5.74) is 1.81. The second-order valence-corrected chi connectivity index (χ2v) is 4.29. The van der Waals surface area contributed by atoms with E-state index in [4.69, 9.17) is 11.6 Å². The van der Waals surface area contributed by atoms with Gasteiger partial charge in [-0.1, -0.05) is 15.9 Å². The minimum atomic E-state index is -0.751. The molecule has 0 bridgehead atoms. The van der Waals surface area contributed by atoms with Gasteiger partial charge in [-0.2, -0.15) is 0 Å². The number of rotatable bonds is 1. The Morgan fingerprint density at radius 3 is 2.14 bits per heavy atom. The van der Waals surface area contributed by atoms with E-state index in [0.717, 1.165) is 5.56 Å². The zero-order valence-corrected chi connectivity index (χ0v) is 10.4. The molecule has 0 unspecified atom stereocenters. The maximum atomic E-state index is 13.6. The zero-order chi connectivity index (χ0) is 11.0. The summed E-state index contributed by atoms with van der Waals surface area (Å²) >= 11 is 8.59. The van der Waals surface area contributed by atoms with E-state index in [-0.39, 0.29) is 5.56 Å². The molecule has 1 aromatic rings. The molecule has 0 spiro atoms. The third-order valence-electron chi connectivity index (χ3n) is 2.34. The Bertz CT molecular complexity index is 386. The normalized spacial score (nSPS) is 10.4. The van der Waals surface area contributed by atoms with Gasteiger partial charge in [-0.15, -0.1) is 0 Å². The molecule has 1 rings (SSSR count). The fourth-order valence-corrected chi connectivity index (χ4v) is 2.01. The number of halogens is 3. The molecule has 0 N–H and O–H groups in total. The second-order valence-electron chi connectivity index (χ2n) is 3.15. The third-order valence-corrected chi connectivity index (χ3v) is 3.72. The number of hydrogen-bond donors (Lipinski definition) is 0. The molecule has 76 valence electrons. The average molecular weight is 280 g/mol. The van der Waals surface area contributed by atoms with E-state index in [1.807, 2.05) is 6.92 Å². The predicted molar refractivity (Wildman–Crippen MR) is 58.5 cm³/mol. The van der Waals surface area contributed by atoms with E-state index in [2.05, 4.69) is 15.9 Å². The van der Waals surface area contributed by atoms with Gasteiger partial charge in [0.25, 0.3) is 5.24 Å². The summed E-state index contributed by atoms with van der Waals surface area (Å²) in [5.74, 6) is -0.542. The van der Waals surface area contributed by atoms with Crippen LogP contribution < -0.4 is 0 Å². The predicted octanol–water partition coefficient (Wildman–Crippen LogP) is 3.89. The first-order chi connectivity index (χ1) is 6.37. The van der Waals surface area contributed by atoms with Crippen LogP contribution in [0.15, 0.2) is 4.47 Å². The van der Waals surface area contributed by atoms with Gasteiger partial charge in [0.1, 0.15) is 5.82 Å². The molecule has 1 nitrogen and oxygen atoms in total. The van der Waals surface area contributed by atoms with Crippen molar-refractivity contribution >= 4 is 32.8 Å². The van der Waals surface area contributed by atoms with Crippen LogP contribution in [0.2, 0.25) is 0 Å². The molecule has 4 heteroatoms. The Balaban J connectivity index is 3.68. The van der Waals surface area contributed by atoms with Crippen LogP contribution in [-0.2, 0) is 0 Å². The number of hydrogen-bond acceptors (Lipinski definition) is 1. The minimum absolute atomic E-state index is 0.0233. The van der Waals surface area contributed by atoms with Crippen LogP contribution in [0.5, 0.6) is 0 Å². The van der Waals surface area contributed by atoms with E-state index in [1.54, 1.807) is 13.8 Å². The van der Waals surface area contributed by atoms with Crippen molar-refractivity contribution in [1.82, 2.24) is 0 Å². The van der Waals surface area contributed by atoms with E-state index < -0.39 is 11.1 Å². The quantitative estimate of drug-likeness (QED) is 0.713. The van der Waals surface area contributed by atoms with Crippen LogP contribution in [0.4, 0.5) is 4.39 Å². The van der Waals surface area contributed by atoms with Crippen molar-refractivity contribution in [3.63, 3.8) is 0 Å². The maximum Gasteiger partial charge on any atom is 0.255 e. The van der Waals surface area contributed by atoms with Crippen molar-refractivity contribution in [2.45, 2.75) is 20.8 Å². The van der Waals surface area contributed by atoms with Crippen LogP contribution in [-0.4, -0.2) is 5.24 Å². The molecule has 0 saturated carbocycles. The summed E-state index contributed by atoms with van der Waals surface area (Å²) in [4.78, 5) is 11.0. The molecule has 0 amide bonds. The molecule has 0 aliphatic rings. The van der Waals surface area contributed by atoms with Crippen molar-refractivity contribution < 1.29 is 9.18 Å². The molecule has 0 atom stereocenters. The standard InChI is InChI=1S/C10H9BrClFO/c1-4-5(2)8(11)6(3)9(13)7(4)10(12)14/h1-3H3. The fourth-order valence-electron chi connectivity index (χ4n) is 1.32. The fraction of sp³-hybridized carbons (Fsp3) is 0.300. The first-order valence-electron chi connectivity index (χ1n) is 4.02. The summed E-state index contributed by atoms with van der Waals surface area (Å²) in [6, 6.07) is 0. The highest BCUT2D eigenvalue weighted by Crippen LogP contribution is 2.30. The number of carbonyl (C=O) groups is 1. The van der Waals surface area contributed by atoms with Crippen LogP contribution in [0.1, 0.15) is 27.0 Å². The number of benzene rings is 1. The van der Waals surface area contributed by atoms with E-state index in [1.165, 1.54) is 0 Å². The van der Waals surface area contributed by atoms with Gasteiger partial charge in [0.05, 0.1) is 5.56 Å². The summed E-state index contributed by atoms with van der Waals surface area (Å²) in [6.07, 6.45) is 0. The molecule has 0 heterocycles. The molecule has 0 aliphatic carbocycles. The van der Waals surface area contributed by atoms with Gasteiger partial charge in [-0.05, 0) is 49.1 Å². The zero-order valence-electron chi connectivity index (χ0n) is 8.04. The van der Waals surface area contributed by atoms with E-state index >= 15 is 0 Å². The lowest BCUT2D eigenvalue weighted by molar-refractivity contribution is 0.107. The highest BCUT2D eigenvalue weighted by molar-refractivity contribution is 9.10. The monoisotopic (exact) mass is 278 g/mol. The minimum Gasteiger partial charge on any atom is -0.275 e. The Morgan fingerprint density at radius 2 is 1.71 bits per heavy atom. The summed E-state index contributed by atoms with van der Waals surface area (Å²) < 4.78 is 14.3. The largest absolute Gasteiger partial charge is 0.275 e. The Labute approximate surface area is 95.4 Å².